The molecule has 0 fully saturated rings. The Balaban J connectivity index is 2.54. The van der Waals surface area contributed by atoms with Crippen molar-refractivity contribution in [2.45, 2.75) is 20.8 Å². The van der Waals surface area contributed by atoms with Gasteiger partial charge in [0, 0.05) is 5.92 Å². The number of aromatic amines is 1. The number of fused-ring (bicyclic) bond motifs is 1. The molecule has 0 aromatic carbocycles. The average Bonchev–Trinajstić information content (AvgIpc) is 2.41. The molecule has 1 unspecified atom stereocenters. The maximum absolute atomic E-state index is 4.30. The minimum absolute atomic E-state index is 0.255. The molecule has 0 saturated heterocycles. The Morgan fingerprint density at radius 3 is 2.86 bits per heavy atom. The minimum Gasteiger partial charge on any atom is -0.345 e. The molecule has 0 amide bonds. The number of hydrogen-bond donors (Lipinski definition) is 1. The maximum atomic E-state index is 4.30. The molecule has 2 rings (SSSR count). The summed E-state index contributed by atoms with van der Waals surface area (Å²) in [5.41, 5.74) is 0.255. The molecule has 0 radical (unpaired) electrons. The van der Waals surface area contributed by atoms with Crippen molar-refractivity contribution in [3.05, 3.63) is 29.2 Å². The fraction of sp³-hybridized carbons (Fsp3) is 0.417. The Bertz CT molecular complexity index is 457. The highest BCUT2D eigenvalue weighted by Crippen LogP contribution is 2.28. The lowest BCUT2D eigenvalue weighted by atomic mass is 9.80. The van der Waals surface area contributed by atoms with Gasteiger partial charge in [-0.1, -0.05) is 32.9 Å². The third kappa shape index (κ3) is 1.65. The van der Waals surface area contributed by atoms with Crippen molar-refractivity contribution < 1.29 is 0 Å². The summed E-state index contributed by atoms with van der Waals surface area (Å²) < 4.78 is 0. The quantitative estimate of drug-likeness (QED) is 0.651. The first kappa shape index (κ1) is 9.25. The Morgan fingerprint density at radius 1 is 1.36 bits per heavy atom. The van der Waals surface area contributed by atoms with Crippen LogP contribution in [0.25, 0.3) is 12.2 Å². The number of allylic oxidation sites excluding steroid dienone is 2. The predicted octanol–water partition coefficient (Wildman–Crippen LogP) is 1.20. The molecular formula is C12H16N2. The molecular weight excluding hydrogens is 172 g/mol. The molecule has 1 aromatic heterocycles. The summed E-state index contributed by atoms with van der Waals surface area (Å²) in [6.45, 7) is 6.74. The van der Waals surface area contributed by atoms with Gasteiger partial charge < -0.3 is 4.98 Å². The maximum Gasteiger partial charge on any atom is 0.0931 e. The molecule has 1 N–H and O–H groups in total. The van der Waals surface area contributed by atoms with E-state index >= 15 is 0 Å². The summed E-state index contributed by atoms with van der Waals surface area (Å²) in [4.78, 5) is 7.42. The van der Waals surface area contributed by atoms with Crippen LogP contribution in [0.2, 0.25) is 0 Å². The van der Waals surface area contributed by atoms with Gasteiger partial charge in [-0.05, 0) is 17.6 Å². The van der Waals surface area contributed by atoms with Crippen LogP contribution in [-0.2, 0) is 0 Å². The molecule has 0 bridgehead atoms. The SMILES string of the molecule is CC(C)(C)C1C=CC=c2[nH]cnc2=C1. The third-order valence-electron chi connectivity index (χ3n) is 2.62. The molecule has 1 aliphatic rings. The zero-order chi connectivity index (χ0) is 10.2. The lowest BCUT2D eigenvalue weighted by Crippen LogP contribution is -2.26. The normalized spacial score (nSPS) is 20.6. The van der Waals surface area contributed by atoms with Gasteiger partial charge in [0.2, 0.25) is 0 Å². The van der Waals surface area contributed by atoms with Crippen LogP contribution in [0.4, 0.5) is 0 Å². The van der Waals surface area contributed by atoms with E-state index in [4.69, 9.17) is 0 Å². The lowest BCUT2D eigenvalue weighted by Gasteiger charge is -2.24. The third-order valence-corrected chi connectivity index (χ3v) is 2.62. The van der Waals surface area contributed by atoms with E-state index in [0.717, 1.165) is 10.7 Å². The first-order chi connectivity index (χ1) is 6.57. The van der Waals surface area contributed by atoms with Gasteiger partial charge in [0.25, 0.3) is 0 Å². The van der Waals surface area contributed by atoms with Gasteiger partial charge >= 0.3 is 0 Å². The lowest BCUT2D eigenvalue weighted by molar-refractivity contribution is 0.358. The van der Waals surface area contributed by atoms with Crippen molar-refractivity contribution in [2.24, 2.45) is 11.3 Å². The first-order valence-electron chi connectivity index (χ1n) is 4.97. The van der Waals surface area contributed by atoms with Crippen molar-refractivity contribution in [1.82, 2.24) is 9.97 Å². The monoisotopic (exact) mass is 188 g/mol. The van der Waals surface area contributed by atoms with E-state index in [1.807, 2.05) is 0 Å². The van der Waals surface area contributed by atoms with Gasteiger partial charge in [-0.2, -0.15) is 0 Å². The zero-order valence-electron chi connectivity index (χ0n) is 8.91. The van der Waals surface area contributed by atoms with Crippen LogP contribution in [0.15, 0.2) is 18.5 Å². The molecule has 74 valence electrons. The van der Waals surface area contributed by atoms with E-state index in [-0.39, 0.29) is 5.41 Å². The summed E-state index contributed by atoms with van der Waals surface area (Å²) in [6.07, 6.45) is 10.4. The second kappa shape index (κ2) is 3.12. The molecule has 0 saturated carbocycles. The summed E-state index contributed by atoms with van der Waals surface area (Å²) in [7, 11) is 0. The summed E-state index contributed by atoms with van der Waals surface area (Å²) >= 11 is 0. The van der Waals surface area contributed by atoms with Crippen LogP contribution in [0, 0.1) is 11.3 Å². The first-order valence-corrected chi connectivity index (χ1v) is 4.97. The summed E-state index contributed by atoms with van der Waals surface area (Å²) in [5, 5.41) is 2.17. The van der Waals surface area contributed by atoms with Crippen molar-refractivity contribution in [1.29, 1.82) is 0 Å². The highest BCUT2D eigenvalue weighted by Gasteiger charge is 2.20. The number of H-pyrrole nitrogens is 1. The summed E-state index contributed by atoms with van der Waals surface area (Å²) in [5.74, 6) is 0.447. The van der Waals surface area contributed by atoms with Crippen LogP contribution in [-0.4, -0.2) is 9.97 Å². The van der Waals surface area contributed by atoms with Crippen molar-refractivity contribution in [3.63, 3.8) is 0 Å². The Kier molecular flexibility index (Phi) is 2.06. The van der Waals surface area contributed by atoms with Crippen molar-refractivity contribution in [2.75, 3.05) is 0 Å². The smallest absolute Gasteiger partial charge is 0.0931 e. The number of hydrogen-bond acceptors (Lipinski definition) is 1. The molecule has 0 spiro atoms. The minimum atomic E-state index is 0.255. The number of imidazole rings is 1. The van der Waals surface area contributed by atoms with Crippen molar-refractivity contribution >= 4 is 12.2 Å². The zero-order valence-corrected chi connectivity index (χ0v) is 8.91. The molecule has 1 aromatic rings. The average molecular weight is 188 g/mol. The second-order valence-electron chi connectivity index (χ2n) is 4.81. The van der Waals surface area contributed by atoms with E-state index in [2.05, 4.69) is 55.0 Å². The van der Waals surface area contributed by atoms with Crippen LogP contribution < -0.4 is 10.7 Å². The molecule has 0 aliphatic heterocycles. The number of nitrogens with one attached hydrogen (secondary N) is 1. The largest absolute Gasteiger partial charge is 0.345 e. The van der Waals surface area contributed by atoms with Crippen LogP contribution >= 0.6 is 0 Å². The van der Waals surface area contributed by atoms with E-state index < -0.39 is 0 Å². The Labute approximate surface area is 84.1 Å². The van der Waals surface area contributed by atoms with Crippen LogP contribution in [0.3, 0.4) is 0 Å². The van der Waals surface area contributed by atoms with E-state index in [9.17, 15) is 0 Å². The summed E-state index contributed by atoms with van der Waals surface area (Å²) in [6, 6.07) is 0. The number of aromatic nitrogens is 2. The molecule has 1 aliphatic carbocycles. The fourth-order valence-corrected chi connectivity index (χ4v) is 1.62. The molecule has 1 heterocycles. The van der Waals surface area contributed by atoms with Gasteiger partial charge in [-0.15, -0.1) is 0 Å². The van der Waals surface area contributed by atoms with E-state index in [0.29, 0.717) is 5.92 Å². The Hall–Kier alpha value is -1.31. The van der Waals surface area contributed by atoms with Crippen LogP contribution in [0.5, 0.6) is 0 Å². The molecule has 14 heavy (non-hydrogen) atoms. The fourth-order valence-electron chi connectivity index (χ4n) is 1.62. The molecule has 2 nitrogen and oxygen atoms in total. The van der Waals surface area contributed by atoms with Gasteiger partial charge in [-0.25, -0.2) is 4.98 Å². The van der Waals surface area contributed by atoms with Gasteiger partial charge in [0.1, 0.15) is 0 Å². The van der Waals surface area contributed by atoms with Gasteiger partial charge in [0.05, 0.1) is 17.0 Å². The van der Waals surface area contributed by atoms with Gasteiger partial charge in [0.15, 0.2) is 0 Å². The van der Waals surface area contributed by atoms with E-state index in [1.54, 1.807) is 6.33 Å². The standard InChI is InChI=1S/C12H16N2/c1-12(2,3)9-5-4-6-10-11(7-9)14-8-13-10/h4-9H,1-3H3,(H,13,14). The molecule has 1 atom stereocenters. The number of rotatable bonds is 0. The highest BCUT2D eigenvalue weighted by atomic mass is 14.8. The predicted molar refractivity (Wildman–Crippen MR) is 58.9 cm³/mol. The topological polar surface area (TPSA) is 28.7 Å². The highest BCUT2D eigenvalue weighted by molar-refractivity contribution is 5.43. The second-order valence-corrected chi connectivity index (χ2v) is 4.81. The Morgan fingerprint density at radius 2 is 2.14 bits per heavy atom. The van der Waals surface area contributed by atoms with E-state index in [1.165, 1.54) is 0 Å². The number of nitrogens with zero attached hydrogens (tertiary/aromatic N) is 1. The van der Waals surface area contributed by atoms with Crippen LogP contribution in [0.1, 0.15) is 20.8 Å². The van der Waals surface area contributed by atoms with Gasteiger partial charge in [-0.3, -0.25) is 0 Å². The van der Waals surface area contributed by atoms with Crippen molar-refractivity contribution in [3.8, 4) is 0 Å². The molecule has 2 heteroatoms.